The number of carbonyl (C=O) groups is 1. The van der Waals surface area contributed by atoms with E-state index in [4.69, 9.17) is 9.15 Å². The minimum Gasteiger partial charge on any atom is -0.472 e. The number of hydrogen-bond donors (Lipinski definition) is 0. The van der Waals surface area contributed by atoms with Crippen LogP contribution in [0.3, 0.4) is 0 Å². The van der Waals surface area contributed by atoms with Gasteiger partial charge in [0.15, 0.2) is 0 Å². The molecular formula is C24H24F3NO3. The number of rotatable bonds is 4. The summed E-state index contributed by atoms with van der Waals surface area (Å²) in [4.78, 5) is 13.6. The van der Waals surface area contributed by atoms with E-state index >= 15 is 0 Å². The van der Waals surface area contributed by atoms with Crippen LogP contribution in [-0.4, -0.2) is 23.5 Å². The molecule has 3 rings (SSSR count). The Labute approximate surface area is 179 Å². The van der Waals surface area contributed by atoms with Gasteiger partial charge in [-0.1, -0.05) is 30.6 Å². The summed E-state index contributed by atoms with van der Waals surface area (Å²) >= 11 is 0. The van der Waals surface area contributed by atoms with E-state index in [1.807, 2.05) is 6.07 Å². The minimum atomic E-state index is -4.41. The second-order valence-corrected chi connectivity index (χ2v) is 7.64. The van der Waals surface area contributed by atoms with Crippen molar-refractivity contribution in [1.29, 1.82) is 0 Å². The number of esters is 1. The highest BCUT2D eigenvalue weighted by Gasteiger charge is 2.36. The second kappa shape index (κ2) is 9.44. The van der Waals surface area contributed by atoms with Crippen molar-refractivity contribution in [2.24, 2.45) is 0 Å². The highest BCUT2D eigenvalue weighted by atomic mass is 19.4. The van der Waals surface area contributed by atoms with Crippen LogP contribution in [0.5, 0.6) is 0 Å². The van der Waals surface area contributed by atoms with Crippen LogP contribution in [0.1, 0.15) is 55.5 Å². The van der Waals surface area contributed by atoms with Crippen molar-refractivity contribution >= 4 is 5.97 Å². The molecule has 3 atom stereocenters. The number of benzene rings is 1. The van der Waals surface area contributed by atoms with E-state index < -0.39 is 11.7 Å². The Morgan fingerprint density at radius 1 is 1.26 bits per heavy atom. The molecule has 0 saturated carbocycles. The molecule has 1 aliphatic rings. The van der Waals surface area contributed by atoms with Crippen molar-refractivity contribution in [3.63, 3.8) is 0 Å². The normalized spacial score (nSPS) is 20.4. The van der Waals surface area contributed by atoms with Crippen molar-refractivity contribution in [3.8, 4) is 11.8 Å². The standard InChI is InChI=1S/C24H24F3NO3/c1-16(2)4-9-22(19-11-13-30-15-19)28-12-10-21(31-17(3)29)14-23(28)18-5-7-20(8-6-18)24(25,26)27/h5-8,11,13,15,21-23H,1,10,12,14H2,2-3H3/t21-,22-,23+/m1/s1. The quantitative estimate of drug-likeness (QED) is 0.461. The van der Waals surface area contributed by atoms with Gasteiger partial charge in [0.2, 0.25) is 0 Å². The number of carbonyl (C=O) groups excluding carboxylic acids is 1. The highest BCUT2D eigenvalue weighted by molar-refractivity contribution is 5.66. The predicted octanol–water partition coefficient (Wildman–Crippen LogP) is 5.69. The Hall–Kier alpha value is -2.98. The third-order valence-corrected chi connectivity index (χ3v) is 5.16. The number of allylic oxidation sites excluding steroid dienone is 1. The number of hydrogen-bond acceptors (Lipinski definition) is 4. The molecule has 2 aromatic rings. The van der Waals surface area contributed by atoms with Crippen LogP contribution in [0.2, 0.25) is 0 Å². The summed E-state index contributed by atoms with van der Waals surface area (Å²) in [5.74, 6) is 5.85. The first kappa shape index (κ1) is 22.7. The maximum Gasteiger partial charge on any atom is 0.416 e. The van der Waals surface area contributed by atoms with E-state index in [1.165, 1.54) is 19.1 Å². The molecule has 1 fully saturated rings. The van der Waals surface area contributed by atoms with Gasteiger partial charge in [-0.2, -0.15) is 13.2 Å². The van der Waals surface area contributed by atoms with Crippen LogP contribution in [0, 0.1) is 11.8 Å². The molecule has 4 nitrogen and oxygen atoms in total. The van der Waals surface area contributed by atoms with Crippen molar-refractivity contribution in [1.82, 2.24) is 4.90 Å². The number of alkyl halides is 3. The van der Waals surface area contributed by atoms with Crippen LogP contribution in [0.25, 0.3) is 0 Å². The lowest BCUT2D eigenvalue weighted by molar-refractivity contribution is -0.150. The second-order valence-electron chi connectivity index (χ2n) is 7.64. The SMILES string of the molecule is C=C(C)C#C[C@H](c1ccoc1)N1CC[C@@H](OC(C)=O)C[C@H]1c1ccc(C(F)(F)F)cc1. The zero-order valence-corrected chi connectivity index (χ0v) is 17.4. The average molecular weight is 431 g/mol. The van der Waals surface area contributed by atoms with Gasteiger partial charge in [0.05, 0.1) is 18.1 Å². The summed E-state index contributed by atoms with van der Waals surface area (Å²) in [5, 5.41) is 0. The fraction of sp³-hybridized carbons (Fsp3) is 0.375. The van der Waals surface area contributed by atoms with E-state index in [2.05, 4.69) is 23.3 Å². The molecule has 164 valence electrons. The molecule has 1 aromatic heterocycles. The average Bonchev–Trinajstić information content (AvgIpc) is 3.22. The molecule has 1 aromatic carbocycles. The topological polar surface area (TPSA) is 42.7 Å². The number of piperidine rings is 1. The van der Waals surface area contributed by atoms with Crippen LogP contribution < -0.4 is 0 Å². The summed E-state index contributed by atoms with van der Waals surface area (Å²) in [6.45, 7) is 7.53. The first-order valence-corrected chi connectivity index (χ1v) is 9.94. The summed E-state index contributed by atoms with van der Waals surface area (Å²) in [7, 11) is 0. The Balaban J connectivity index is 1.99. The number of likely N-dealkylation sites (tertiary alicyclic amines) is 1. The summed E-state index contributed by atoms with van der Waals surface area (Å²) < 4.78 is 49.8. The fourth-order valence-electron chi connectivity index (χ4n) is 3.80. The molecule has 0 spiro atoms. The van der Waals surface area contributed by atoms with Gasteiger partial charge in [-0.15, -0.1) is 0 Å². The lowest BCUT2D eigenvalue weighted by atomic mass is 9.90. The Kier molecular flexibility index (Phi) is 6.91. The number of ether oxygens (including phenoxy) is 1. The zero-order chi connectivity index (χ0) is 22.6. The van der Waals surface area contributed by atoms with Crippen LogP contribution in [0.15, 0.2) is 59.4 Å². The minimum absolute atomic E-state index is 0.292. The molecule has 0 aliphatic carbocycles. The van der Waals surface area contributed by atoms with Crippen molar-refractivity contribution < 1.29 is 27.1 Å². The zero-order valence-electron chi connectivity index (χ0n) is 17.4. The third-order valence-electron chi connectivity index (χ3n) is 5.16. The van der Waals surface area contributed by atoms with Crippen molar-refractivity contribution in [2.75, 3.05) is 6.54 Å². The van der Waals surface area contributed by atoms with Crippen LogP contribution in [-0.2, 0) is 15.7 Å². The van der Waals surface area contributed by atoms with E-state index in [0.717, 1.165) is 17.7 Å². The largest absolute Gasteiger partial charge is 0.472 e. The predicted molar refractivity (Wildman–Crippen MR) is 110 cm³/mol. The fourth-order valence-corrected chi connectivity index (χ4v) is 3.80. The van der Waals surface area contributed by atoms with Gasteiger partial charge in [0.1, 0.15) is 12.1 Å². The molecular weight excluding hydrogens is 407 g/mol. The van der Waals surface area contributed by atoms with Crippen molar-refractivity contribution in [3.05, 3.63) is 71.7 Å². The molecule has 0 radical (unpaired) electrons. The van der Waals surface area contributed by atoms with E-state index in [-0.39, 0.29) is 24.2 Å². The van der Waals surface area contributed by atoms with Gasteiger partial charge in [-0.25, -0.2) is 0 Å². The Morgan fingerprint density at radius 3 is 2.52 bits per heavy atom. The van der Waals surface area contributed by atoms with E-state index in [0.29, 0.717) is 30.5 Å². The third kappa shape index (κ3) is 5.80. The molecule has 1 saturated heterocycles. The lowest BCUT2D eigenvalue weighted by Crippen LogP contribution is -2.42. The lowest BCUT2D eigenvalue weighted by Gasteiger charge is -2.42. The Morgan fingerprint density at radius 2 is 1.97 bits per heavy atom. The van der Waals surface area contributed by atoms with Gasteiger partial charge < -0.3 is 9.15 Å². The molecule has 0 bridgehead atoms. The number of furan rings is 1. The smallest absolute Gasteiger partial charge is 0.416 e. The summed E-state index contributed by atoms with van der Waals surface area (Å²) in [6, 6.07) is 6.30. The van der Waals surface area contributed by atoms with E-state index in [1.54, 1.807) is 19.5 Å². The Bertz CT molecular complexity index is 968. The van der Waals surface area contributed by atoms with Gasteiger partial charge in [0.25, 0.3) is 0 Å². The van der Waals surface area contributed by atoms with Gasteiger partial charge >= 0.3 is 12.1 Å². The molecule has 0 N–H and O–H groups in total. The molecule has 2 heterocycles. The highest BCUT2D eigenvalue weighted by Crippen LogP contribution is 2.39. The molecule has 0 amide bonds. The van der Waals surface area contributed by atoms with Crippen LogP contribution >= 0.6 is 0 Å². The van der Waals surface area contributed by atoms with E-state index in [9.17, 15) is 18.0 Å². The maximum atomic E-state index is 13.0. The van der Waals surface area contributed by atoms with Gasteiger partial charge in [-0.05, 0) is 42.7 Å². The first-order valence-electron chi connectivity index (χ1n) is 9.94. The first-order chi connectivity index (χ1) is 14.6. The molecule has 1 aliphatic heterocycles. The van der Waals surface area contributed by atoms with Crippen LogP contribution in [0.4, 0.5) is 13.2 Å². The molecule has 0 unspecified atom stereocenters. The number of halogens is 3. The van der Waals surface area contributed by atoms with Crippen molar-refractivity contribution in [2.45, 2.75) is 51.1 Å². The molecule has 31 heavy (non-hydrogen) atoms. The van der Waals surface area contributed by atoms with Gasteiger partial charge in [-0.3, -0.25) is 9.69 Å². The number of nitrogens with zero attached hydrogens (tertiary/aromatic N) is 1. The monoisotopic (exact) mass is 431 g/mol. The molecule has 7 heteroatoms. The summed E-state index contributed by atoms with van der Waals surface area (Å²) in [6.07, 6.45) is -0.505. The van der Waals surface area contributed by atoms with Gasteiger partial charge in [0, 0.05) is 31.5 Å². The summed E-state index contributed by atoms with van der Waals surface area (Å²) in [5.41, 5.74) is 1.55. The maximum absolute atomic E-state index is 13.0.